The summed E-state index contributed by atoms with van der Waals surface area (Å²) in [6.45, 7) is 3.32. The summed E-state index contributed by atoms with van der Waals surface area (Å²) in [5.74, 6) is 0. The number of benzene rings is 4. The van der Waals surface area contributed by atoms with Crippen LogP contribution in [0.2, 0.25) is 0 Å². The Labute approximate surface area is 260 Å². The normalized spacial score (nSPS) is 11.9. The minimum absolute atomic E-state index is 0.0584. The lowest BCUT2D eigenvalue weighted by Crippen LogP contribution is -2.34. The molecule has 44 heavy (non-hydrogen) atoms. The van der Waals surface area contributed by atoms with E-state index in [0.717, 1.165) is 16.7 Å². The Balaban J connectivity index is 1.08. The first-order chi connectivity index (χ1) is 21.6. The summed E-state index contributed by atoms with van der Waals surface area (Å²) < 4.78 is 58.0. The molecule has 0 aliphatic heterocycles. The third kappa shape index (κ3) is 10.1. The fraction of sp³-hybridized carbons (Fsp3) is 0.314. The molecule has 0 radical (unpaired) electrons. The molecule has 0 saturated carbocycles. The van der Waals surface area contributed by atoms with Crippen molar-refractivity contribution in [2.24, 2.45) is 0 Å². The van der Waals surface area contributed by atoms with Gasteiger partial charge in [-0.05, 0) is 28.8 Å². The van der Waals surface area contributed by atoms with Gasteiger partial charge in [-0.3, -0.25) is 4.18 Å². The molecule has 0 fully saturated rings. The lowest BCUT2D eigenvalue weighted by molar-refractivity contribution is -0.0386. The number of ether oxygens (including phenoxy) is 5. The smallest absolute Gasteiger partial charge is 0.297 e. The summed E-state index contributed by atoms with van der Waals surface area (Å²) in [5, 5.41) is 0. The van der Waals surface area contributed by atoms with Gasteiger partial charge in [-0.15, -0.1) is 0 Å². The van der Waals surface area contributed by atoms with Crippen LogP contribution >= 0.6 is 0 Å². The summed E-state index contributed by atoms with van der Waals surface area (Å²) in [4.78, 5) is 0.123. The maximum Gasteiger partial charge on any atom is 0.297 e. The monoisotopic (exact) mass is 620 g/mol. The van der Waals surface area contributed by atoms with E-state index in [-0.39, 0.29) is 18.1 Å². The van der Waals surface area contributed by atoms with Crippen molar-refractivity contribution < 1.29 is 36.3 Å². The van der Waals surface area contributed by atoms with Crippen LogP contribution in [-0.4, -0.2) is 74.5 Å². The van der Waals surface area contributed by atoms with Crippen LogP contribution in [0, 0.1) is 0 Å². The molecule has 4 aromatic rings. The van der Waals surface area contributed by atoms with Gasteiger partial charge in [-0.25, -0.2) is 0 Å². The molecule has 0 spiro atoms. The molecule has 0 atom stereocenters. The molecule has 0 aromatic heterocycles. The Morgan fingerprint density at radius 2 is 0.727 bits per heavy atom. The Morgan fingerprint density at radius 1 is 0.409 bits per heavy atom. The van der Waals surface area contributed by atoms with E-state index in [1.807, 2.05) is 54.6 Å². The van der Waals surface area contributed by atoms with Gasteiger partial charge in [0.15, 0.2) is 0 Å². The average molecular weight is 621 g/mol. The topological polar surface area (TPSA) is 89.5 Å². The molecule has 0 heterocycles. The van der Waals surface area contributed by atoms with Crippen LogP contribution in [-0.2, 0) is 43.6 Å². The molecule has 4 rings (SSSR count). The van der Waals surface area contributed by atoms with E-state index in [4.69, 9.17) is 27.9 Å². The van der Waals surface area contributed by atoms with Gasteiger partial charge < -0.3 is 23.7 Å². The zero-order valence-corrected chi connectivity index (χ0v) is 25.6. The predicted molar refractivity (Wildman–Crippen MR) is 168 cm³/mol. The van der Waals surface area contributed by atoms with Gasteiger partial charge in [0.25, 0.3) is 10.1 Å². The van der Waals surface area contributed by atoms with Gasteiger partial charge in [-0.1, -0.05) is 109 Å². The molecule has 234 valence electrons. The molecule has 0 aliphatic rings. The number of hydrogen-bond donors (Lipinski definition) is 0. The Bertz CT molecular complexity index is 1320. The molecular weight excluding hydrogens is 580 g/mol. The molecule has 0 saturated heterocycles. The first-order valence-corrected chi connectivity index (χ1v) is 16.1. The van der Waals surface area contributed by atoms with E-state index in [0.29, 0.717) is 52.9 Å². The zero-order valence-electron chi connectivity index (χ0n) is 24.8. The van der Waals surface area contributed by atoms with Gasteiger partial charge in [-0.2, -0.15) is 8.42 Å². The number of rotatable bonds is 21. The van der Waals surface area contributed by atoms with E-state index >= 15 is 0 Å². The van der Waals surface area contributed by atoms with Crippen LogP contribution in [0.15, 0.2) is 126 Å². The van der Waals surface area contributed by atoms with Gasteiger partial charge in [0.05, 0.1) is 71.0 Å². The van der Waals surface area contributed by atoms with Gasteiger partial charge in [0.2, 0.25) is 0 Å². The van der Waals surface area contributed by atoms with E-state index in [2.05, 4.69) is 36.4 Å². The van der Waals surface area contributed by atoms with Crippen molar-refractivity contribution in [2.75, 3.05) is 66.1 Å². The van der Waals surface area contributed by atoms with Crippen LogP contribution in [0.25, 0.3) is 0 Å². The minimum Gasteiger partial charge on any atom is -0.377 e. The average Bonchev–Trinajstić information content (AvgIpc) is 3.08. The van der Waals surface area contributed by atoms with Crippen molar-refractivity contribution in [1.29, 1.82) is 0 Å². The SMILES string of the molecule is O=S(=O)(OCCOCCOCCOCCOCCOC(c1ccccc1)(c1ccccc1)c1ccccc1)c1ccccc1. The fourth-order valence-corrected chi connectivity index (χ4v) is 5.56. The molecule has 0 N–H and O–H groups in total. The van der Waals surface area contributed by atoms with E-state index in [9.17, 15) is 8.42 Å². The van der Waals surface area contributed by atoms with Crippen molar-refractivity contribution >= 4 is 10.1 Å². The second-order valence-corrected chi connectivity index (χ2v) is 11.3. The second-order valence-electron chi connectivity index (χ2n) is 9.67. The van der Waals surface area contributed by atoms with Crippen LogP contribution < -0.4 is 0 Å². The highest BCUT2D eigenvalue weighted by atomic mass is 32.2. The van der Waals surface area contributed by atoms with E-state index < -0.39 is 15.7 Å². The predicted octanol–water partition coefficient (Wildman–Crippen LogP) is 5.47. The second kappa shape index (κ2) is 18.4. The zero-order chi connectivity index (χ0) is 30.8. The summed E-state index contributed by atoms with van der Waals surface area (Å²) in [6, 6.07) is 38.8. The van der Waals surface area contributed by atoms with E-state index in [1.54, 1.807) is 18.2 Å². The van der Waals surface area contributed by atoms with Gasteiger partial charge in [0, 0.05) is 0 Å². The highest BCUT2D eigenvalue weighted by Crippen LogP contribution is 2.40. The molecule has 0 unspecified atom stereocenters. The molecule has 4 aromatic carbocycles. The summed E-state index contributed by atoms with van der Waals surface area (Å²) in [5.41, 5.74) is 2.39. The van der Waals surface area contributed by atoms with Crippen molar-refractivity contribution in [2.45, 2.75) is 10.5 Å². The third-order valence-corrected chi connectivity index (χ3v) is 8.03. The van der Waals surface area contributed by atoms with Gasteiger partial charge >= 0.3 is 0 Å². The van der Waals surface area contributed by atoms with Crippen LogP contribution in [0.1, 0.15) is 16.7 Å². The largest absolute Gasteiger partial charge is 0.377 e. The molecule has 9 heteroatoms. The quantitative estimate of drug-likeness (QED) is 0.0689. The first kappa shape index (κ1) is 33.5. The van der Waals surface area contributed by atoms with Crippen LogP contribution in [0.4, 0.5) is 0 Å². The van der Waals surface area contributed by atoms with Gasteiger partial charge in [0.1, 0.15) is 5.60 Å². The van der Waals surface area contributed by atoms with E-state index in [1.165, 1.54) is 12.1 Å². The minimum atomic E-state index is -3.76. The van der Waals surface area contributed by atoms with Crippen molar-refractivity contribution in [3.8, 4) is 0 Å². The standard InChI is InChI=1S/C35H40O8S/c36-44(37,34-19-11-4-12-20-34)43-30-28-41-26-24-39-22-21-38-23-25-40-27-29-42-35(31-13-5-1-6-14-31,32-15-7-2-8-16-32)33-17-9-3-10-18-33/h1-20H,21-30H2. The number of hydrogen-bond acceptors (Lipinski definition) is 8. The lowest BCUT2D eigenvalue weighted by Gasteiger charge is -2.36. The molecule has 0 amide bonds. The van der Waals surface area contributed by atoms with Crippen molar-refractivity contribution in [3.63, 3.8) is 0 Å². The molecule has 0 bridgehead atoms. The van der Waals surface area contributed by atoms with Crippen LogP contribution in [0.3, 0.4) is 0 Å². The summed E-state index contributed by atoms with van der Waals surface area (Å²) in [6.07, 6.45) is 0. The van der Waals surface area contributed by atoms with Crippen LogP contribution in [0.5, 0.6) is 0 Å². The maximum atomic E-state index is 12.0. The Morgan fingerprint density at radius 3 is 1.11 bits per heavy atom. The molecular formula is C35H40O8S. The Kier molecular flexibility index (Phi) is 14.0. The maximum absolute atomic E-state index is 12.0. The fourth-order valence-electron chi connectivity index (χ4n) is 4.64. The highest BCUT2D eigenvalue weighted by Gasteiger charge is 2.37. The Hall–Kier alpha value is -3.41. The highest BCUT2D eigenvalue weighted by molar-refractivity contribution is 7.86. The summed E-state index contributed by atoms with van der Waals surface area (Å²) in [7, 11) is -3.76. The van der Waals surface area contributed by atoms with Crippen molar-refractivity contribution in [1.82, 2.24) is 0 Å². The van der Waals surface area contributed by atoms with Crippen molar-refractivity contribution in [3.05, 3.63) is 138 Å². The lowest BCUT2D eigenvalue weighted by atomic mass is 9.80. The third-order valence-electron chi connectivity index (χ3n) is 6.70. The molecule has 8 nitrogen and oxygen atoms in total. The summed E-state index contributed by atoms with van der Waals surface area (Å²) >= 11 is 0. The first-order valence-electron chi connectivity index (χ1n) is 14.7. The molecule has 0 aliphatic carbocycles.